The number of hydrogen-bond acceptors (Lipinski definition) is 3. The highest BCUT2D eigenvalue weighted by Crippen LogP contribution is 2.14. The summed E-state index contributed by atoms with van der Waals surface area (Å²) in [5.41, 5.74) is 0. The molecule has 84 valence electrons. The van der Waals surface area contributed by atoms with Gasteiger partial charge in [-0.2, -0.15) is 0 Å². The van der Waals surface area contributed by atoms with E-state index in [1.807, 2.05) is 0 Å². The van der Waals surface area contributed by atoms with Gasteiger partial charge in [-0.1, -0.05) is 0 Å². The largest absolute Gasteiger partial charge is 0.385 e. The summed E-state index contributed by atoms with van der Waals surface area (Å²) in [6.45, 7) is 5.51. The van der Waals surface area contributed by atoms with Crippen molar-refractivity contribution in [3.63, 3.8) is 0 Å². The minimum absolute atomic E-state index is 0.637. The summed E-state index contributed by atoms with van der Waals surface area (Å²) in [7, 11) is 4.02. The number of ether oxygens (including phenoxy) is 1. The van der Waals surface area contributed by atoms with Crippen molar-refractivity contribution < 1.29 is 4.74 Å². The van der Waals surface area contributed by atoms with Crippen LogP contribution >= 0.6 is 0 Å². The smallest absolute Gasteiger partial charge is 0.0477 e. The van der Waals surface area contributed by atoms with Crippen LogP contribution in [0.4, 0.5) is 0 Å². The van der Waals surface area contributed by atoms with Crippen molar-refractivity contribution >= 4 is 0 Å². The second-order valence-electron chi connectivity index (χ2n) is 4.28. The van der Waals surface area contributed by atoms with Gasteiger partial charge in [0.2, 0.25) is 0 Å². The third-order valence-electron chi connectivity index (χ3n) is 3.32. The fraction of sp³-hybridized carbons (Fsp3) is 1.00. The quantitative estimate of drug-likeness (QED) is 0.719. The molecule has 0 aromatic heterocycles. The highest BCUT2D eigenvalue weighted by atomic mass is 16.5. The molecule has 3 heteroatoms. The molecular weight excluding hydrogens is 176 g/mol. The topological polar surface area (TPSA) is 24.5 Å². The van der Waals surface area contributed by atoms with Gasteiger partial charge in [-0.3, -0.25) is 0 Å². The Hall–Kier alpha value is -0.120. The highest BCUT2D eigenvalue weighted by molar-refractivity contribution is 4.78. The lowest BCUT2D eigenvalue weighted by atomic mass is 10.0. The van der Waals surface area contributed by atoms with Gasteiger partial charge >= 0.3 is 0 Å². The van der Waals surface area contributed by atoms with Crippen molar-refractivity contribution in [3.05, 3.63) is 0 Å². The Morgan fingerprint density at radius 1 is 1.43 bits per heavy atom. The maximum Gasteiger partial charge on any atom is 0.0477 e. The molecule has 1 fully saturated rings. The number of methoxy groups -OCH3 is 1. The zero-order valence-corrected chi connectivity index (χ0v) is 9.75. The number of hydrogen-bond donors (Lipinski definition) is 1. The van der Waals surface area contributed by atoms with Crippen LogP contribution in [0.2, 0.25) is 0 Å². The molecule has 14 heavy (non-hydrogen) atoms. The van der Waals surface area contributed by atoms with Gasteiger partial charge in [0.05, 0.1) is 0 Å². The van der Waals surface area contributed by atoms with E-state index in [0.717, 1.165) is 19.1 Å². The highest BCUT2D eigenvalue weighted by Gasteiger charge is 2.21. The van der Waals surface area contributed by atoms with Crippen molar-refractivity contribution in [2.75, 3.05) is 33.9 Å². The van der Waals surface area contributed by atoms with E-state index in [4.69, 9.17) is 4.74 Å². The number of rotatable bonds is 5. The van der Waals surface area contributed by atoms with Gasteiger partial charge in [-0.05, 0) is 46.3 Å². The van der Waals surface area contributed by atoms with E-state index in [9.17, 15) is 0 Å². The van der Waals surface area contributed by atoms with Crippen molar-refractivity contribution in [1.29, 1.82) is 0 Å². The SMILES string of the molecule is COCCC(C)N(C)C1CCNCC1. The van der Waals surface area contributed by atoms with Crippen LogP contribution in [0.25, 0.3) is 0 Å². The Labute approximate surface area is 87.8 Å². The van der Waals surface area contributed by atoms with Gasteiger partial charge in [0, 0.05) is 25.8 Å². The van der Waals surface area contributed by atoms with Crippen molar-refractivity contribution in [2.45, 2.75) is 38.3 Å². The van der Waals surface area contributed by atoms with E-state index < -0.39 is 0 Å². The molecule has 1 saturated heterocycles. The molecule has 0 radical (unpaired) electrons. The van der Waals surface area contributed by atoms with Gasteiger partial charge in [-0.15, -0.1) is 0 Å². The average molecular weight is 200 g/mol. The molecule has 1 aliphatic heterocycles. The van der Waals surface area contributed by atoms with Crippen LogP contribution in [0.1, 0.15) is 26.2 Å². The molecular formula is C11H24N2O. The summed E-state index contributed by atoms with van der Waals surface area (Å²) in [6.07, 6.45) is 3.71. The molecule has 0 bridgehead atoms. The molecule has 0 aromatic rings. The summed E-state index contributed by atoms with van der Waals surface area (Å²) in [6, 6.07) is 1.40. The van der Waals surface area contributed by atoms with Crippen LogP contribution in [-0.2, 0) is 4.74 Å². The first-order chi connectivity index (χ1) is 6.75. The first-order valence-electron chi connectivity index (χ1n) is 5.67. The maximum atomic E-state index is 5.11. The molecule has 0 aromatic carbocycles. The first-order valence-corrected chi connectivity index (χ1v) is 5.67. The Balaban J connectivity index is 2.26. The number of nitrogens with zero attached hydrogens (tertiary/aromatic N) is 1. The van der Waals surface area contributed by atoms with Crippen LogP contribution in [-0.4, -0.2) is 50.8 Å². The molecule has 1 atom stereocenters. The second-order valence-corrected chi connectivity index (χ2v) is 4.28. The normalized spacial score (nSPS) is 21.4. The lowest BCUT2D eigenvalue weighted by Gasteiger charge is -2.35. The Morgan fingerprint density at radius 3 is 2.64 bits per heavy atom. The fourth-order valence-electron chi connectivity index (χ4n) is 2.07. The molecule has 1 N–H and O–H groups in total. The lowest BCUT2D eigenvalue weighted by molar-refractivity contribution is 0.113. The maximum absolute atomic E-state index is 5.11. The molecule has 1 rings (SSSR count). The van der Waals surface area contributed by atoms with Crippen LogP contribution in [0.15, 0.2) is 0 Å². The van der Waals surface area contributed by atoms with E-state index in [2.05, 4.69) is 24.2 Å². The average Bonchev–Trinajstić information content (AvgIpc) is 2.26. The van der Waals surface area contributed by atoms with Gasteiger partial charge in [0.1, 0.15) is 0 Å². The summed E-state index contributed by atoms with van der Waals surface area (Å²) in [5.74, 6) is 0. The molecule has 0 spiro atoms. The summed E-state index contributed by atoms with van der Waals surface area (Å²) < 4.78 is 5.11. The predicted octanol–water partition coefficient (Wildman–Crippen LogP) is 1.10. The zero-order chi connectivity index (χ0) is 10.4. The minimum atomic E-state index is 0.637. The second kappa shape index (κ2) is 6.38. The minimum Gasteiger partial charge on any atom is -0.385 e. The van der Waals surface area contributed by atoms with Crippen LogP contribution in [0.5, 0.6) is 0 Å². The Bertz CT molecular complexity index is 146. The van der Waals surface area contributed by atoms with Crippen molar-refractivity contribution in [1.82, 2.24) is 10.2 Å². The third-order valence-corrected chi connectivity index (χ3v) is 3.32. The van der Waals surface area contributed by atoms with E-state index in [0.29, 0.717) is 6.04 Å². The van der Waals surface area contributed by atoms with Crippen molar-refractivity contribution in [2.24, 2.45) is 0 Å². The zero-order valence-electron chi connectivity index (χ0n) is 9.75. The molecule has 0 amide bonds. The fourth-order valence-corrected chi connectivity index (χ4v) is 2.07. The van der Waals surface area contributed by atoms with Gasteiger partial charge in [0.15, 0.2) is 0 Å². The molecule has 0 aliphatic carbocycles. The summed E-state index contributed by atoms with van der Waals surface area (Å²) in [5, 5.41) is 3.40. The lowest BCUT2D eigenvalue weighted by Crippen LogP contribution is -2.45. The van der Waals surface area contributed by atoms with Crippen LogP contribution in [0.3, 0.4) is 0 Å². The third kappa shape index (κ3) is 3.56. The summed E-state index contributed by atoms with van der Waals surface area (Å²) >= 11 is 0. The van der Waals surface area contributed by atoms with E-state index in [1.165, 1.54) is 25.9 Å². The number of piperidine rings is 1. The molecule has 1 unspecified atom stereocenters. The monoisotopic (exact) mass is 200 g/mol. The van der Waals surface area contributed by atoms with E-state index in [-0.39, 0.29) is 0 Å². The molecule has 1 aliphatic rings. The van der Waals surface area contributed by atoms with Gasteiger partial charge in [-0.25, -0.2) is 0 Å². The predicted molar refractivity (Wildman–Crippen MR) is 59.6 cm³/mol. The van der Waals surface area contributed by atoms with Crippen LogP contribution in [0, 0.1) is 0 Å². The van der Waals surface area contributed by atoms with Crippen LogP contribution < -0.4 is 5.32 Å². The molecule has 0 saturated carbocycles. The van der Waals surface area contributed by atoms with E-state index >= 15 is 0 Å². The standard InChI is InChI=1S/C11H24N2O/c1-10(6-9-14-3)13(2)11-4-7-12-8-5-11/h10-12H,4-9H2,1-3H3. The molecule has 1 heterocycles. The first kappa shape index (κ1) is 12.0. The number of nitrogens with one attached hydrogen (secondary N) is 1. The van der Waals surface area contributed by atoms with Gasteiger partial charge < -0.3 is 15.0 Å². The summed E-state index contributed by atoms with van der Waals surface area (Å²) in [4.78, 5) is 2.51. The molecule has 3 nitrogen and oxygen atoms in total. The van der Waals surface area contributed by atoms with Crippen molar-refractivity contribution in [3.8, 4) is 0 Å². The Kier molecular flexibility index (Phi) is 5.45. The van der Waals surface area contributed by atoms with E-state index in [1.54, 1.807) is 7.11 Å². The van der Waals surface area contributed by atoms with Gasteiger partial charge in [0.25, 0.3) is 0 Å². The Morgan fingerprint density at radius 2 is 2.07 bits per heavy atom.